The second-order valence-electron chi connectivity index (χ2n) is 16.0. The number of rotatable bonds is 3. The molecular weight excluding hydrogens is 670 g/mol. The molecule has 0 atom stereocenters. The van der Waals surface area contributed by atoms with E-state index in [0.29, 0.717) is 0 Å². The van der Waals surface area contributed by atoms with Crippen molar-refractivity contribution < 1.29 is 13.2 Å². The molecule has 10 rings (SSSR count). The van der Waals surface area contributed by atoms with Crippen LogP contribution in [0.5, 0.6) is 0 Å². The molecule has 0 bridgehead atoms. The van der Waals surface area contributed by atoms with E-state index >= 15 is 0 Å². The van der Waals surface area contributed by atoms with Gasteiger partial charge in [0.1, 0.15) is 0 Å². The molecule has 0 N–H and O–H groups in total. The molecule has 0 fully saturated rings. The van der Waals surface area contributed by atoms with Gasteiger partial charge in [0.25, 0.3) is 0 Å². The summed E-state index contributed by atoms with van der Waals surface area (Å²) in [5.41, 5.74) is 15.6. The van der Waals surface area contributed by atoms with Crippen LogP contribution in [0.25, 0.3) is 77.2 Å². The van der Waals surface area contributed by atoms with Crippen molar-refractivity contribution in [3.63, 3.8) is 0 Å². The van der Waals surface area contributed by atoms with Gasteiger partial charge in [-0.15, -0.1) is 0 Å². The zero-order valence-corrected chi connectivity index (χ0v) is 30.6. The Balaban J connectivity index is 1.25. The van der Waals surface area contributed by atoms with Crippen molar-refractivity contribution in [1.82, 2.24) is 0 Å². The number of halogens is 3. The van der Waals surface area contributed by atoms with E-state index < -0.39 is 11.7 Å². The first-order valence-electron chi connectivity index (χ1n) is 18.6. The average molecular weight is 707 g/mol. The fourth-order valence-corrected chi connectivity index (χ4v) is 9.57. The Hall–Kier alpha value is -5.93. The molecule has 0 saturated carbocycles. The Morgan fingerprint density at radius 3 is 1.48 bits per heavy atom. The number of hydrogen-bond donors (Lipinski definition) is 0. The molecule has 0 aromatic heterocycles. The van der Waals surface area contributed by atoms with Crippen molar-refractivity contribution in [3.05, 3.63) is 179 Å². The molecule has 8 aromatic rings. The SMILES string of the molecule is CC1(C)c2ccccc2-c2cc(-c3c4ccccc4c(-c4ccc(C(F)(F)F)cc4)c4ccc(-c5ccc6c(c5)C(C)(C)c5ccccc5-6)cc34)ccc21. The molecule has 2 aliphatic carbocycles. The molecule has 0 amide bonds. The van der Waals surface area contributed by atoms with Crippen LogP contribution in [-0.2, 0) is 17.0 Å². The molecule has 0 heterocycles. The highest BCUT2D eigenvalue weighted by atomic mass is 19.4. The predicted molar refractivity (Wildman–Crippen MR) is 218 cm³/mol. The van der Waals surface area contributed by atoms with Crippen molar-refractivity contribution >= 4 is 21.5 Å². The number of hydrogen-bond acceptors (Lipinski definition) is 0. The average Bonchev–Trinajstić information content (AvgIpc) is 3.55. The van der Waals surface area contributed by atoms with Crippen LogP contribution in [-0.4, -0.2) is 0 Å². The van der Waals surface area contributed by atoms with E-state index in [4.69, 9.17) is 0 Å². The first-order valence-corrected chi connectivity index (χ1v) is 18.6. The van der Waals surface area contributed by atoms with Gasteiger partial charge in [-0.2, -0.15) is 13.2 Å². The van der Waals surface area contributed by atoms with Gasteiger partial charge in [0.15, 0.2) is 0 Å². The maximum Gasteiger partial charge on any atom is 0.416 e. The van der Waals surface area contributed by atoms with Crippen LogP contribution in [0.3, 0.4) is 0 Å². The van der Waals surface area contributed by atoms with Gasteiger partial charge >= 0.3 is 6.18 Å². The van der Waals surface area contributed by atoms with E-state index in [1.165, 1.54) is 56.6 Å². The van der Waals surface area contributed by atoms with E-state index in [0.717, 1.165) is 54.9 Å². The van der Waals surface area contributed by atoms with Crippen LogP contribution < -0.4 is 0 Å². The molecule has 3 heteroatoms. The summed E-state index contributed by atoms with van der Waals surface area (Å²) in [7, 11) is 0. The minimum atomic E-state index is -4.41. The smallest absolute Gasteiger partial charge is 0.166 e. The maximum absolute atomic E-state index is 13.7. The zero-order valence-electron chi connectivity index (χ0n) is 30.6. The van der Waals surface area contributed by atoms with Crippen LogP contribution in [0.2, 0.25) is 0 Å². The fraction of sp³-hybridized carbons (Fsp3) is 0.137. The van der Waals surface area contributed by atoms with E-state index in [-0.39, 0.29) is 10.8 Å². The van der Waals surface area contributed by atoms with Crippen molar-refractivity contribution in [3.8, 4) is 55.6 Å². The van der Waals surface area contributed by atoms with Gasteiger partial charge in [-0.3, -0.25) is 0 Å². The molecule has 0 aliphatic heterocycles. The summed E-state index contributed by atoms with van der Waals surface area (Å²) < 4.78 is 41.2. The fourth-order valence-electron chi connectivity index (χ4n) is 9.57. The number of alkyl halides is 3. The lowest BCUT2D eigenvalue weighted by Crippen LogP contribution is -2.14. The zero-order chi connectivity index (χ0) is 37.1. The van der Waals surface area contributed by atoms with Gasteiger partial charge in [0.05, 0.1) is 5.56 Å². The molecule has 0 radical (unpaired) electrons. The van der Waals surface area contributed by atoms with E-state index in [1.54, 1.807) is 12.1 Å². The molecule has 2 aliphatic rings. The summed E-state index contributed by atoms with van der Waals surface area (Å²) >= 11 is 0. The van der Waals surface area contributed by atoms with E-state index in [2.05, 4.69) is 149 Å². The van der Waals surface area contributed by atoms with Crippen molar-refractivity contribution in [2.45, 2.75) is 44.7 Å². The molecular formula is C51H37F3. The van der Waals surface area contributed by atoms with Crippen LogP contribution in [0.1, 0.15) is 55.5 Å². The Labute approximate surface area is 313 Å². The highest BCUT2D eigenvalue weighted by Crippen LogP contribution is 2.53. The molecule has 8 aromatic carbocycles. The lowest BCUT2D eigenvalue weighted by molar-refractivity contribution is -0.137. The lowest BCUT2D eigenvalue weighted by Gasteiger charge is -2.23. The minimum Gasteiger partial charge on any atom is -0.166 e. The van der Waals surface area contributed by atoms with Crippen LogP contribution in [0, 0.1) is 0 Å². The third-order valence-electron chi connectivity index (χ3n) is 12.3. The largest absolute Gasteiger partial charge is 0.416 e. The Morgan fingerprint density at radius 2 is 0.815 bits per heavy atom. The Kier molecular flexibility index (Phi) is 6.84. The molecule has 262 valence electrons. The summed E-state index contributed by atoms with van der Waals surface area (Å²) in [6, 6.07) is 51.7. The van der Waals surface area contributed by atoms with Gasteiger partial charge < -0.3 is 0 Å². The lowest BCUT2D eigenvalue weighted by atomic mass is 9.80. The maximum atomic E-state index is 13.7. The van der Waals surface area contributed by atoms with Crippen molar-refractivity contribution in [1.29, 1.82) is 0 Å². The highest BCUT2D eigenvalue weighted by Gasteiger charge is 2.37. The van der Waals surface area contributed by atoms with Gasteiger partial charge in [-0.25, -0.2) is 0 Å². The van der Waals surface area contributed by atoms with Crippen LogP contribution in [0.15, 0.2) is 152 Å². The second-order valence-corrected chi connectivity index (χ2v) is 16.0. The van der Waals surface area contributed by atoms with E-state index in [9.17, 15) is 13.2 Å². The van der Waals surface area contributed by atoms with Gasteiger partial charge in [-0.05, 0) is 130 Å². The quantitative estimate of drug-likeness (QED) is 0.161. The summed E-state index contributed by atoms with van der Waals surface area (Å²) in [6.45, 7) is 9.19. The Morgan fingerprint density at radius 1 is 0.352 bits per heavy atom. The highest BCUT2D eigenvalue weighted by molar-refractivity contribution is 6.22. The van der Waals surface area contributed by atoms with Crippen molar-refractivity contribution in [2.75, 3.05) is 0 Å². The van der Waals surface area contributed by atoms with Gasteiger partial charge in [0.2, 0.25) is 0 Å². The van der Waals surface area contributed by atoms with Crippen molar-refractivity contribution in [2.24, 2.45) is 0 Å². The minimum absolute atomic E-state index is 0.116. The summed E-state index contributed by atoms with van der Waals surface area (Å²) in [5.74, 6) is 0. The monoisotopic (exact) mass is 706 g/mol. The van der Waals surface area contributed by atoms with Gasteiger partial charge in [-0.1, -0.05) is 149 Å². The third-order valence-corrected chi connectivity index (χ3v) is 12.3. The normalized spacial score (nSPS) is 14.9. The van der Waals surface area contributed by atoms with E-state index in [1.807, 2.05) is 6.07 Å². The first kappa shape index (κ1) is 32.7. The summed E-state index contributed by atoms with van der Waals surface area (Å²) in [6.07, 6.45) is -4.41. The number of fused-ring (bicyclic) bond motifs is 8. The van der Waals surface area contributed by atoms with Gasteiger partial charge in [0, 0.05) is 10.8 Å². The molecule has 0 nitrogen and oxygen atoms in total. The Bertz CT molecular complexity index is 2850. The predicted octanol–water partition coefficient (Wildman–Crippen LogP) is 14.6. The van der Waals surface area contributed by atoms with Crippen LogP contribution in [0.4, 0.5) is 13.2 Å². The summed E-state index contributed by atoms with van der Waals surface area (Å²) in [5, 5.41) is 4.14. The molecule has 0 unspecified atom stereocenters. The molecule has 0 saturated heterocycles. The standard InChI is InChI=1S/C51H37F3/c1-49(2)44-16-10-8-12-36(44)41-28-33(21-26-45(41)49)48-39-14-6-5-13-38(39)47(30-17-22-34(23-18-30)51(52,53)54)40-25-20-31(27-42(40)48)32-19-24-37-35-11-7-9-15-43(35)50(3,4)46(37)29-32/h5-29H,1-4H3. The van der Waals surface area contributed by atoms with Crippen LogP contribution >= 0.6 is 0 Å². The molecule has 54 heavy (non-hydrogen) atoms. The first-order chi connectivity index (χ1) is 25.9. The molecule has 0 spiro atoms. The summed E-state index contributed by atoms with van der Waals surface area (Å²) in [4.78, 5) is 0. The third kappa shape index (κ3) is 4.64. The number of benzene rings is 8. The topological polar surface area (TPSA) is 0 Å². The second kappa shape index (κ2) is 11.3.